The Bertz CT molecular complexity index is 360. The van der Waals surface area contributed by atoms with Crippen LogP contribution in [0.4, 0.5) is 11.8 Å². The summed E-state index contributed by atoms with van der Waals surface area (Å²) in [4.78, 5) is 8.07. The third-order valence-electron chi connectivity index (χ3n) is 1.65. The second-order valence-corrected chi connectivity index (χ2v) is 4.81. The molecule has 0 aliphatic rings. The van der Waals surface area contributed by atoms with Crippen molar-refractivity contribution in [1.82, 2.24) is 9.97 Å². The maximum atomic E-state index is 10.8. The van der Waals surface area contributed by atoms with Crippen LogP contribution in [0.15, 0.2) is 6.20 Å². The highest BCUT2D eigenvalue weighted by Crippen LogP contribution is 2.18. The standard InChI is InChI=1S/C8H13ClN4OS/c1-10-8-12-5-6(9)7(13-8)11-3-4-15(2)14/h5H,3-4H2,1-2H3,(H2,10,11,12,13). The molecule has 1 aromatic rings. The Hall–Kier alpha value is -0.880. The Labute approximate surface area is 96.1 Å². The molecule has 1 atom stereocenters. The molecule has 0 bridgehead atoms. The van der Waals surface area contributed by atoms with Crippen LogP contribution in [0.3, 0.4) is 0 Å². The zero-order chi connectivity index (χ0) is 11.3. The first kappa shape index (κ1) is 12.2. The Morgan fingerprint density at radius 1 is 1.60 bits per heavy atom. The van der Waals surface area contributed by atoms with Crippen LogP contribution in [0.1, 0.15) is 0 Å². The molecular weight excluding hydrogens is 236 g/mol. The lowest BCUT2D eigenvalue weighted by atomic mass is 10.5. The Morgan fingerprint density at radius 3 is 2.93 bits per heavy atom. The van der Waals surface area contributed by atoms with E-state index in [4.69, 9.17) is 11.6 Å². The lowest BCUT2D eigenvalue weighted by Gasteiger charge is -2.07. The molecule has 1 heterocycles. The number of aromatic nitrogens is 2. The van der Waals surface area contributed by atoms with Crippen molar-refractivity contribution in [1.29, 1.82) is 0 Å². The van der Waals surface area contributed by atoms with Crippen molar-refractivity contribution in [2.24, 2.45) is 0 Å². The number of rotatable bonds is 5. The minimum atomic E-state index is -0.818. The molecule has 15 heavy (non-hydrogen) atoms. The molecule has 0 saturated heterocycles. The van der Waals surface area contributed by atoms with Gasteiger partial charge in [-0.1, -0.05) is 11.6 Å². The predicted molar refractivity (Wildman–Crippen MR) is 64.0 cm³/mol. The summed E-state index contributed by atoms with van der Waals surface area (Å²) >= 11 is 5.88. The topological polar surface area (TPSA) is 66.9 Å². The summed E-state index contributed by atoms with van der Waals surface area (Å²) < 4.78 is 10.8. The number of nitrogens with zero attached hydrogens (tertiary/aromatic N) is 2. The van der Waals surface area contributed by atoms with Gasteiger partial charge in [-0.15, -0.1) is 0 Å². The van der Waals surface area contributed by atoms with Crippen molar-refractivity contribution < 1.29 is 4.21 Å². The van der Waals surface area contributed by atoms with E-state index < -0.39 is 10.8 Å². The zero-order valence-electron chi connectivity index (χ0n) is 8.58. The molecule has 0 fully saturated rings. The second kappa shape index (κ2) is 5.87. The van der Waals surface area contributed by atoms with Crippen molar-refractivity contribution in [3.05, 3.63) is 11.2 Å². The molecule has 0 aliphatic carbocycles. The van der Waals surface area contributed by atoms with Crippen LogP contribution in [0, 0.1) is 0 Å². The van der Waals surface area contributed by atoms with Crippen molar-refractivity contribution in [2.75, 3.05) is 36.2 Å². The van der Waals surface area contributed by atoms with E-state index in [1.165, 1.54) is 6.20 Å². The highest BCUT2D eigenvalue weighted by molar-refractivity contribution is 7.84. The van der Waals surface area contributed by atoms with E-state index in [0.29, 0.717) is 29.1 Å². The monoisotopic (exact) mass is 248 g/mol. The van der Waals surface area contributed by atoms with Crippen LogP contribution in [-0.4, -0.2) is 39.8 Å². The first-order chi connectivity index (χ1) is 7.13. The van der Waals surface area contributed by atoms with Crippen molar-refractivity contribution in [3.63, 3.8) is 0 Å². The summed E-state index contributed by atoms with van der Waals surface area (Å²) in [5.74, 6) is 1.62. The average molecular weight is 249 g/mol. The van der Waals surface area contributed by atoms with Gasteiger partial charge < -0.3 is 10.6 Å². The fourth-order valence-electron chi connectivity index (χ4n) is 0.925. The Balaban J connectivity index is 2.62. The van der Waals surface area contributed by atoms with Crippen LogP contribution >= 0.6 is 11.6 Å². The maximum absolute atomic E-state index is 10.8. The first-order valence-corrected chi connectivity index (χ1v) is 6.48. The van der Waals surface area contributed by atoms with E-state index in [-0.39, 0.29) is 0 Å². The van der Waals surface area contributed by atoms with Gasteiger partial charge in [0.1, 0.15) is 5.02 Å². The highest BCUT2D eigenvalue weighted by atomic mass is 35.5. The molecule has 0 aliphatic heterocycles. The second-order valence-electron chi connectivity index (χ2n) is 2.84. The molecule has 0 radical (unpaired) electrons. The SMILES string of the molecule is CNc1ncc(Cl)c(NCCS(C)=O)n1. The number of hydrogen-bond donors (Lipinski definition) is 2. The van der Waals surface area contributed by atoms with Gasteiger partial charge in [0.2, 0.25) is 5.95 Å². The van der Waals surface area contributed by atoms with Crippen LogP contribution in [-0.2, 0) is 10.8 Å². The van der Waals surface area contributed by atoms with Crippen LogP contribution in [0.2, 0.25) is 5.02 Å². The van der Waals surface area contributed by atoms with E-state index in [1.54, 1.807) is 13.3 Å². The minimum Gasteiger partial charge on any atom is -0.368 e. The normalized spacial score (nSPS) is 12.2. The lowest BCUT2D eigenvalue weighted by molar-refractivity contribution is 0.687. The van der Waals surface area contributed by atoms with Gasteiger partial charge in [-0.05, 0) is 0 Å². The van der Waals surface area contributed by atoms with Crippen LogP contribution in [0.25, 0.3) is 0 Å². The summed E-state index contributed by atoms with van der Waals surface area (Å²) in [6, 6.07) is 0. The highest BCUT2D eigenvalue weighted by Gasteiger charge is 2.03. The molecule has 2 N–H and O–H groups in total. The molecule has 1 rings (SSSR count). The van der Waals surface area contributed by atoms with E-state index in [2.05, 4.69) is 20.6 Å². The van der Waals surface area contributed by atoms with Crippen molar-refractivity contribution in [2.45, 2.75) is 0 Å². The Morgan fingerprint density at radius 2 is 2.33 bits per heavy atom. The number of halogens is 1. The van der Waals surface area contributed by atoms with Gasteiger partial charge in [0, 0.05) is 36.4 Å². The van der Waals surface area contributed by atoms with E-state index >= 15 is 0 Å². The van der Waals surface area contributed by atoms with Gasteiger partial charge in [0.25, 0.3) is 0 Å². The van der Waals surface area contributed by atoms with Crippen molar-refractivity contribution in [3.8, 4) is 0 Å². The van der Waals surface area contributed by atoms with Gasteiger partial charge in [0.05, 0.1) is 6.20 Å². The van der Waals surface area contributed by atoms with Gasteiger partial charge in [-0.2, -0.15) is 4.98 Å². The van der Waals surface area contributed by atoms with E-state index in [9.17, 15) is 4.21 Å². The number of anilines is 2. The Kier molecular flexibility index (Phi) is 4.77. The van der Waals surface area contributed by atoms with Gasteiger partial charge >= 0.3 is 0 Å². The lowest BCUT2D eigenvalue weighted by Crippen LogP contribution is -2.12. The predicted octanol–water partition coefficient (Wildman–Crippen LogP) is 0.962. The average Bonchev–Trinajstić information content (AvgIpc) is 2.20. The summed E-state index contributed by atoms with van der Waals surface area (Å²) in [5, 5.41) is 6.27. The molecule has 0 saturated carbocycles. The third-order valence-corrected chi connectivity index (χ3v) is 2.71. The molecule has 0 spiro atoms. The summed E-state index contributed by atoms with van der Waals surface area (Å²) in [6.07, 6.45) is 3.17. The molecule has 1 unspecified atom stereocenters. The fraction of sp³-hybridized carbons (Fsp3) is 0.500. The minimum absolute atomic E-state index is 0.455. The summed E-state index contributed by atoms with van der Waals surface area (Å²) in [5.41, 5.74) is 0. The van der Waals surface area contributed by atoms with Gasteiger partial charge in [0.15, 0.2) is 5.82 Å². The van der Waals surface area contributed by atoms with Crippen LogP contribution < -0.4 is 10.6 Å². The molecule has 5 nitrogen and oxygen atoms in total. The molecule has 1 aromatic heterocycles. The summed E-state index contributed by atoms with van der Waals surface area (Å²) in [6.45, 7) is 0.572. The van der Waals surface area contributed by atoms with E-state index in [1.807, 2.05) is 0 Å². The van der Waals surface area contributed by atoms with Gasteiger partial charge in [-0.3, -0.25) is 4.21 Å². The molecule has 0 aromatic carbocycles. The fourth-order valence-corrected chi connectivity index (χ4v) is 1.47. The molecule has 0 amide bonds. The smallest absolute Gasteiger partial charge is 0.224 e. The van der Waals surface area contributed by atoms with Crippen LogP contribution in [0.5, 0.6) is 0 Å². The molecule has 84 valence electrons. The summed E-state index contributed by atoms with van der Waals surface area (Å²) in [7, 11) is 0.913. The van der Waals surface area contributed by atoms with Crippen molar-refractivity contribution >= 4 is 34.2 Å². The molecule has 7 heteroatoms. The maximum Gasteiger partial charge on any atom is 0.224 e. The number of hydrogen-bond acceptors (Lipinski definition) is 5. The molecular formula is C8H13ClN4OS. The first-order valence-electron chi connectivity index (χ1n) is 4.37. The number of nitrogens with one attached hydrogen (secondary N) is 2. The third kappa shape index (κ3) is 4.01. The van der Waals surface area contributed by atoms with E-state index in [0.717, 1.165) is 0 Å². The quantitative estimate of drug-likeness (QED) is 0.813. The van der Waals surface area contributed by atoms with Gasteiger partial charge in [-0.25, -0.2) is 4.98 Å². The zero-order valence-corrected chi connectivity index (χ0v) is 10.2. The largest absolute Gasteiger partial charge is 0.368 e.